The summed E-state index contributed by atoms with van der Waals surface area (Å²) in [5, 5.41) is 13.0. The van der Waals surface area contributed by atoms with Gasteiger partial charge in [0.25, 0.3) is 0 Å². The molecule has 0 radical (unpaired) electrons. The van der Waals surface area contributed by atoms with Crippen molar-refractivity contribution in [3.63, 3.8) is 0 Å². The fourth-order valence-corrected chi connectivity index (χ4v) is 2.55. The maximum Gasteiger partial charge on any atom is 0.0541 e. The molecule has 16 heavy (non-hydrogen) atoms. The Balaban J connectivity index is 1.88. The van der Waals surface area contributed by atoms with Gasteiger partial charge >= 0.3 is 0 Å². The fourth-order valence-electron chi connectivity index (χ4n) is 2.14. The molecule has 0 aromatic heterocycles. The van der Waals surface area contributed by atoms with Crippen molar-refractivity contribution in [2.75, 3.05) is 11.6 Å². The van der Waals surface area contributed by atoms with Crippen LogP contribution in [0.4, 0.5) is 5.69 Å². The Kier molecular flexibility index (Phi) is 4.13. The summed E-state index contributed by atoms with van der Waals surface area (Å²) in [4.78, 5) is 1.30. The summed E-state index contributed by atoms with van der Waals surface area (Å²) >= 11 is 1.76. The maximum absolute atomic E-state index is 9.43. The minimum absolute atomic E-state index is 0.0723. The van der Waals surface area contributed by atoms with Crippen molar-refractivity contribution in [2.24, 2.45) is 0 Å². The Hall–Kier alpha value is -0.670. The van der Waals surface area contributed by atoms with Crippen molar-refractivity contribution in [3.05, 3.63) is 24.3 Å². The van der Waals surface area contributed by atoms with Crippen LogP contribution < -0.4 is 5.32 Å². The molecule has 0 spiro atoms. The van der Waals surface area contributed by atoms with Crippen LogP contribution in [0.1, 0.15) is 25.7 Å². The summed E-state index contributed by atoms with van der Waals surface area (Å²) < 4.78 is 0. The van der Waals surface area contributed by atoms with E-state index >= 15 is 0 Å². The van der Waals surface area contributed by atoms with Crippen LogP contribution in [0.3, 0.4) is 0 Å². The van der Waals surface area contributed by atoms with E-state index in [2.05, 4.69) is 35.8 Å². The zero-order chi connectivity index (χ0) is 11.4. The molecule has 0 bridgehead atoms. The lowest BCUT2D eigenvalue weighted by molar-refractivity contribution is 0.126. The summed E-state index contributed by atoms with van der Waals surface area (Å²) in [7, 11) is 0. The second-order valence-electron chi connectivity index (χ2n) is 4.38. The highest BCUT2D eigenvalue weighted by Gasteiger charge is 2.18. The molecular weight excluding hydrogens is 218 g/mol. The number of benzene rings is 1. The summed E-state index contributed by atoms with van der Waals surface area (Å²) in [5.74, 6) is 0. The quantitative estimate of drug-likeness (QED) is 0.792. The third-order valence-electron chi connectivity index (χ3n) is 3.16. The largest absolute Gasteiger partial charge is 0.393 e. The maximum atomic E-state index is 9.43. The van der Waals surface area contributed by atoms with E-state index in [9.17, 15) is 5.11 Å². The summed E-state index contributed by atoms with van der Waals surface area (Å²) in [6, 6.07) is 9.09. The van der Waals surface area contributed by atoms with Crippen LogP contribution in [0.25, 0.3) is 0 Å². The van der Waals surface area contributed by atoms with E-state index in [4.69, 9.17) is 0 Å². The molecule has 0 aliphatic heterocycles. The van der Waals surface area contributed by atoms with Crippen molar-refractivity contribution in [1.29, 1.82) is 0 Å². The summed E-state index contributed by atoms with van der Waals surface area (Å²) in [6.45, 7) is 0. The molecule has 1 aromatic carbocycles. The van der Waals surface area contributed by atoms with Gasteiger partial charge in [0.2, 0.25) is 0 Å². The zero-order valence-electron chi connectivity index (χ0n) is 9.65. The fraction of sp³-hybridized carbons (Fsp3) is 0.538. The normalized spacial score (nSPS) is 25.4. The van der Waals surface area contributed by atoms with Gasteiger partial charge in [0.15, 0.2) is 0 Å². The molecule has 0 heterocycles. The number of thioether (sulfide) groups is 1. The molecule has 1 aromatic rings. The Morgan fingerprint density at radius 2 is 1.75 bits per heavy atom. The van der Waals surface area contributed by atoms with Gasteiger partial charge in [-0.05, 0) is 56.2 Å². The minimum atomic E-state index is -0.0723. The molecule has 1 fully saturated rings. The predicted molar refractivity (Wildman–Crippen MR) is 70.1 cm³/mol. The molecule has 2 rings (SSSR count). The van der Waals surface area contributed by atoms with E-state index in [1.807, 2.05) is 0 Å². The molecule has 0 saturated heterocycles. The molecule has 88 valence electrons. The van der Waals surface area contributed by atoms with Crippen molar-refractivity contribution in [1.82, 2.24) is 0 Å². The monoisotopic (exact) mass is 237 g/mol. The molecule has 1 saturated carbocycles. The smallest absolute Gasteiger partial charge is 0.0541 e. The summed E-state index contributed by atoms with van der Waals surface area (Å²) in [6.07, 6.45) is 6.03. The molecule has 0 unspecified atom stereocenters. The van der Waals surface area contributed by atoms with Gasteiger partial charge in [-0.2, -0.15) is 0 Å². The van der Waals surface area contributed by atoms with Crippen LogP contribution in [0.5, 0.6) is 0 Å². The number of hydrogen-bond acceptors (Lipinski definition) is 3. The molecule has 1 aliphatic rings. The van der Waals surface area contributed by atoms with E-state index in [-0.39, 0.29) is 6.10 Å². The first-order chi connectivity index (χ1) is 7.78. The van der Waals surface area contributed by atoms with Crippen LogP contribution in [-0.4, -0.2) is 23.5 Å². The molecule has 2 nitrogen and oxygen atoms in total. The van der Waals surface area contributed by atoms with Crippen molar-refractivity contribution < 1.29 is 5.11 Å². The Bertz CT molecular complexity index is 317. The first-order valence-corrected chi connectivity index (χ1v) is 7.09. The number of rotatable bonds is 3. The van der Waals surface area contributed by atoms with E-state index in [1.54, 1.807) is 11.8 Å². The van der Waals surface area contributed by atoms with Gasteiger partial charge in [0.1, 0.15) is 0 Å². The van der Waals surface area contributed by atoms with Gasteiger partial charge in [0.05, 0.1) is 6.10 Å². The van der Waals surface area contributed by atoms with Crippen LogP contribution in [0, 0.1) is 0 Å². The van der Waals surface area contributed by atoms with Gasteiger partial charge in [0, 0.05) is 16.6 Å². The SMILES string of the molecule is CSc1ccc(NC2CCC(O)CC2)cc1. The number of hydrogen-bond donors (Lipinski definition) is 2. The minimum Gasteiger partial charge on any atom is -0.393 e. The molecule has 2 N–H and O–H groups in total. The lowest BCUT2D eigenvalue weighted by atomic mass is 9.93. The number of aliphatic hydroxyl groups excluding tert-OH is 1. The van der Waals surface area contributed by atoms with E-state index < -0.39 is 0 Å². The van der Waals surface area contributed by atoms with Gasteiger partial charge in [-0.3, -0.25) is 0 Å². The second-order valence-corrected chi connectivity index (χ2v) is 5.26. The average molecular weight is 237 g/mol. The molecular formula is C13H19NOS. The van der Waals surface area contributed by atoms with Crippen LogP contribution in [0.15, 0.2) is 29.2 Å². The highest BCUT2D eigenvalue weighted by molar-refractivity contribution is 7.98. The van der Waals surface area contributed by atoms with E-state index in [1.165, 1.54) is 10.6 Å². The van der Waals surface area contributed by atoms with E-state index in [0.717, 1.165) is 25.7 Å². The third-order valence-corrected chi connectivity index (χ3v) is 3.90. The number of aliphatic hydroxyl groups is 1. The molecule has 0 atom stereocenters. The molecule has 1 aliphatic carbocycles. The summed E-state index contributed by atoms with van der Waals surface area (Å²) in [5.41, 5.74) is 1.19. The standard InChI is InChI=1S/C13H19NOS/c1-16-13-8-4-11(5-9-13)14-10-2-6-12(15)7-3-10/h4-5,8-10,12,14-15H,2-3,6-7H2,1H3. The third kappa shape index (κ3) is 3.16. The Morgan fingerprint density at radius 3 is 2.31 bits per heavy atom. The highest BCUT2D eigenvalue weighted by atomic mass is 32.2. The lowest BCUT2D eigenvalue weighted by Crippen LogP contribution is -2.28. The van der Waals surface area contributed by atoms with E-state index in [0.29, 0.717) is 6.04 Å². The highest BCUT2D eigenvalue weighted by Crippen LogP contribution is 2.23. The van der Waals surface area contributed by atoms with Crippen LogP contribution in [0.2, 0.25) is 0 Å². The number of anilines is 1. The predicted octanol–water partition coefficient (Wildman–Crippen LogP) is 3.12. The topological polar surface area (TPSA) is 32.3 Å². The first-order valence-electron chi connectivity index (χ1n) is 5.86. The van der Waals surface area contributed by atoms with Gasteiger partial charge in [-0.15, -0.1) is 11.8 Å². The second kappa shape index (κ2) is 5.60. The lowest BCUT2D eigenvalue weighted by Gasteiger charge is -2.27. The average Bonchev–Trinajstić information content (AvgIpc) is 2.33. The van der Waals surface area contributed by atoms with Crippen molar-refractivity contribution >= 4 is 17.4 Å². The molecule has 0 amide bonds. The molecule has 3 heteroatoms. The van der Waals surface area contributed by atoms with Gasteiger partial charge in [-0.25, -0.2) is 0 Å². The first kappa shape index (κ1) is 11.8. The van der Waals surface area contributed by atoms with Crippen molar-refractivity contribution in [3.8, 4) is 0 Å². The van der Waals surface area contributed by atoms with Crippen molar-refractivity contribution in [2.45, 2.75) is 42.7 Å². The van der Waals surface area contributed by atoms with Gasteiger partial charge in [-0.1, -0.05) is 0 Å². The number of nitrogens with one attached hydrogen (secondary N) is 1. The van der Waals surface area contributed by atoms with Crippen LogP contribution >= 0.6 is 11.8 Å². The van der Waals surface area contributed by atoms with Gasteiger partial charge < -0.3 is 10.4 Å². The van der Waals surface area contributed by atoms with Crippen LogP contribution in [-0.2, 0) is 0 Å². The Labute approximate surface area is 101 Å². The Morgan fingerprint density at radius 1 is 1.12 bits per heavy atom. The zero-order valence-corrected chi connectivity index (χ0v) is 10.5.